The molecule has 0 aliphatic heterocycles. The second kappa shape index (κ2) is 4.54. The molecule has 1 fully saturated rings. The van der Waals surface area contributed by atoms with Crippen LogP contribution in [0.4, 0.5) is 0 Å². The van der Waals surface area contributed by atoms with Crippen LogP contribution in [0.2, 0.25) is 0 Å². The minimum absolute atomic E-state index is 0.527. The molecule has 1 heterocycles. The molecule has 86 valence electrons. The summed E-state index contributed by atoms with van der Waals surface area (Å²) >= 11 is 0. The predicted octanol–water partition coefficient (Wildman–Crippen LogP) is 2.99. The summed E-state index contributed by atoms with van der Waals surface area (Å²) in [7, 11) is 0. The Balaban J connectivity index is 1.68. The van der Waals surface area contributed by atoms with Crippen LogP contribution in [0.3, 0.4) is 0 Å². The Bertz CT molecular complexity index is 356. The predicted molar refractivity (Wildman–Crippen MR) is 65.3 cm³/mol. The Morgan fingerprint density at radius 3 is 2.88 bits per heavy atom. The molecule has 0 radical (unpaired) electrons. The van der Waals surface area contributed by atoms with Crippen molar-refractivity contribution in [2.45, 2.75) is 57.0 Å². The monoisotopic (exact) mass is 216 g/mol. The van der Waals surface area contributed by atoms with Gasteiger partial charge >= 0.3 is 0 Å². The third kappa shape index (κ3) is 1.99. The minimum Gasteiger partial charge on any atom is -0.306 e. The Morgan fingerprint density at radius 2 is 2.00 bits per heavy atom. The molecule has 3 rings (SSSR count). The SMILES string of the molecule is c1cnc2c(c1)CCC2NC1CCCCC1. The largest absolute Gasteiger partial charge is 0.306 e. The van der Waals surface area contributed by atoms with Crippen molar-refractivity contribution in [1.29, 1.82) is 0 Å². The van der Waals surface area contributed by atoms with Gasteiger partial charge in [0.05, 0.1) is 11.7 Å². The smallest absolute Gasteiger partial charge is 0.0605 e. The summed E-state index contributed by atoms with van der Waals surface area (Å²) in [6.07, 6.45) is 11.3. The van der Waals surface area contributed by atoms with Crippen LogP contribution >= 0.6 is 0 Å². The molecule has 2 aliphatic carbocycles. The number of nitrogens with zero attached hydrogens (tertiary/aromatic N) is 1. The van der Waals surface area contributed by atoms with Gasteiger partial charge in [0.25, 0.3) is 0 Å². The van der Waals surface area contributed by atoms with Gasteiger partial charge in [-0.2, -0.15) is 0 Å². The van der Waals surface area contributed by atoms with Gasteiger partial charge in [0.1, 0.15) is 0 Å². The zero-order valence-corrected chi connectivity index (χ0v) is 9.78. The summed E-state index contributed by atoms with van der Waals surface area (Å²) in [5, 5.41) is 3.81. The van der Waals surface area contributed by atoms with Crippen molar-refractivity contribution in [1.82, 2.24) is 10.3 Å². The van der Waals surface area contributed by atoms with Gasteiger partial charge in [0, 0.05) is 12.2 Å². The van der Waals surface area contributed by atoms with Crippen LogP contribution in [0.15, 0.2) is 18.3 Å². The van der Waals surface area contributed by atoms with E-state index < -0.39 is 0 Å². The molecule has 0 bridgehead atoms. The highest BCUT2D eigenvalue weighted by Crippen LogP contribution is 2.30. The fourth-order valence-electron chi connectivity index (χ4n) is 3.13. The first-order chi connectivity index (χ1) is 7.93. The Morgan fingerprint density at radius 1 is 1.12 bits per heavy atom. The number of hydrogen-bond donors (Lipinski definition) is 1. The summed E-state index contributed by atoms with van der Waals surface area (Å²) in [5.74, 6) is 0. The first-order valence-electron chi connectivity index (χ1n) is 6.63. The first-order valence-corrected chi connectivity index (χ1v) is 6.63. The molecule has 16 heavy (non-hydrogen) atoms. The molecule has 2 nitrogen and oxygen atoms in total. The maximum atomic E-state index is 4.54. The second-order valence-electron chi connectivity index (χ2n) is 5.14. The van der Waals surface area contributed by atoms with Crippen LogP contribution in [-0.4, -0.2) is 11.0 Å². The highest BCUT2D eigenvalue weighted by Gasteiger charge is 2.26. The van der Waals surface area contributed by atoms with Crippen molar-refractivity contribution in [3.63, 3.8) is 0 Å². The van der Waals surface area contributed by atoms with Crippen molar-refractivity contribution in [3.8, 4) is 0 Å². The van der Waals surface area contributed by atoms with Gasteiger partial charge in [0.15, 0.2) is 0 Å². The van der Waals surface area contributed by atoms with Crippen LogP contribution in [0.1, 0.15) is 55.8 Å². The summed E-state index contributed by atoms with van der Waals surface area (Å²) < 4.78 is 0. The number of nitrogens with one attached hydrogen (secondary N) is 1. The fraction of sp³-hybridized carbons (Fsp3) is 0.643. The Kier molecular flexibility index (Phi) is 2.92. The molecule has 1 saturated carbocycles. The maximum absolute atomic E-state index is 4.54. The lowest BCUT2D eigenvalue weighted by Gasteiger charge is -2.26. The maximum Gasteiger partial charge on any atom is 0.0605 e. The van der Waals surface area contributed by atoms with Crippen LogP contribution in [0, 0.1) is 0 Å². The lowest BCUT2D eigenvalue weighted by Crippen LogP contribution is -2.33. The molecular weight excluding hydrogens is 196 g/mol. The normalized spacial score (nSPS) is 25.6. The number of aryl methyl sites for hydroxylation is 1. The number of pyridine rings is 1. The van der Waals surface area contributed by atoms with Crippen LogP contribution in [0.25, 0.3) is 0 Å². The van der Waals surface area contributed by atoms with Gasteiger partial charge < -0.3 is 5.32 Å². The van der Waals surface area contributed by atoms with Gasteiger partial charge in [-0.1, -0.05) is 25.3 Å². The molecule has 1 aromatic rings. The molecule has 0 amide bonds. The molecule has 0 spiro atoms. The number of aromatic nitrogens is 1. The quantitative estimate of drug-likeness (QED) is 0.822. The summed E-state index contributed by atoms with van der Waals surface area (Å²) in [6, 6.07) is 5.55. The minimum atomic E-state index is 0.527. The lowest BCUT2D eigenvalue weighted by atomic mass is 9.94. The van der Waals surface area contributed by atoms with Crippen molar-refractivity contribution < 1.29 is 0 Å². The van der Waals surface area contributed by atoms with E-state index in [1.54, 1.807) is 0 Å². The molecule has 0 saturated heterocycles. The highest BCUT2D eigenvalue weighted by atomic mass is 15.0. The van der Waals surface area contributed by atoms with E-state index in [-0.39, 0.29) is 0 Å². The Labute approximate surface area is 97.5 Å². The highest BCUT2D eigenvalue weighted by molar-refractivity contribution is 5.28. The molecule has 0 aromatic carbocycles. The average molecular weight is 216 g/mol. The van der Waals surface area contributed by atoms with E-state index in [1.807, 2.05) is 6.20 Å². The van der Waals surface area contributed by atoms with E-state index in [0.717, 1.165) is 6.04 Å². The van der Waals surface area contributed by atoms with Gasteiger partial charge in [0.2, 0.25) is 0 Å². The number of fused-ring (bicyclic) bond motifs is 1. The average Bonchev–Trinajstić information content (AvgIpc) is 2.74. The van der Waals surface area contributed by atoms with Gasteiger partial charge in [-0.25, -0.2) is 0 Å². The van der Waals surface area contributed by atoms with Crippen molar-refractivity contribution in [2.75, 3.05) is 0 Å². The second-order valence-corrected chi connectivity index (χ2v) is 5.14. The zero-order chi connectivity index (χ0) is 10.8. The van der Waals surface area contributed by atoms with Crippen LogP contribution < -0.4 is 5.32 Å². The van der Waals surface area contributed by atoms with Crippen LogP contribution in [0.5, 0.6) is 0 Å². The fourth-order valence-corrected chi connectivity index (χ4v) is 3.13. The van der Waals surface area contributed by atoms with Crippen molar-refractivity contribution >= 4 is 0 Å². The molecule has 2 heteroatoms. The van der Waals surface area contributed by atoms with Crippen molar-refractivity contribution in [2.24, 2.45) is 0 Å². The van der Waals surface area contributed by atoms with E-state index >= 15 is 0 Å². The Hall–Kier alpha value is -0.890. The van der Waals surface area contributed by atoms with Gasteiger partial charge in [-0.05, 0) is 37.3 Å². The number of rotatable bonds is 2. The first kappa shape index (κ1) is 10.3. The van der Waals surface area contributed by atoms with Crippen molar-refractivity contribution in [3.05, 3.63) is 29.6 Å². The topological polar surface area (TPSA) is 24.9 Å². The van der Waals surface area contributed by atoms with Gasteiger partial charge in [-0.15, -0.1) is 0 Å². The van der Waals surface area contributed by atoms with E-state index in [2.05, 4.69) is 22.4 Å². The molecule has 1 aromatic heterocycles. The molecule has 1 atom stereocenters. The van der Waals surface area contributed by atoms with Gasteiger partial charge in [-0.3, -0.25) is 4.98 Å². The van der Waals surface area contributed by atoms with E-state index in [0.29, 0.717) is 6.04 Å². The third-order valence-corrected chi connectivity index (χ3v) is 4.00. The molecular formula is C14H20N2. The summed E-state index contributed by atoms with van der Waals surface area (Å²) in [4.78, 5) is 4.54. The van der Waals surface area contributed by atoms with E-state index in [4.69, 9.17) is 0 Å². The van der Waals surface area contributed by atoms with E-state index in [1.165, 1.54) is 56.2 Å². The molecule has 1 unspecified atom stereocenters. The molecule has 2 aliphatic rings. The van der Waals surface area contributed by atoms with Crippen LogP contribution in [-0.2, 0) is 6.42 Å². The lowest BCUT2D eigenvalue weighted by molar-refractivity contribution is 0.335. The standard InChI is InChI=1S/C14H20N2/c1-2-6-12(7-3-1)16-13-9-8-11-5-4-10-15-14(11)13/h4-5,10,12-13,16H,1-3,6-9H2. The number of hydrogen-bond acceptors (Lipinski definition) is 2. The molecule has 1 N–H and O–H groups in total. The van der Waals surface area contributed by atoms with E-state index in [9.17, 15) is 0 Å². The summed E-state index contributed by atoms with van der Waals surface area (Å²) in [6.45, 7) is 0. The third-order valence-electron chi connectivity index (χ3n) is 4.00. The summed E-state index contributed by atoms with van der Waals surface area (Å²) in [5.41, 5.74) is 2.77. The zero-order valence-electron chi connectivity index (χ0n) is 9.78.